The molecule has 3 saturated carbocycles. The lowest BCUT2D eigenvalue weighted by Crippen LogP contribution is -2.70. The van der Waals surface area contributed by atoms with Gasteiger partial charge in [0.15, 0.2) is 0 Å². The molecular weight excluding hydrogens is 348 g/mol. The van der Waals surface area contributed by atoms with Gasteiger partial charge in [-0.3, -0.25) is 4.79 Å². The molecule has 1 aromatic rings. The fourth-order valence-electron chi connectivity index (χ4n) is 5.88. The molecule has 2 aliphatic heterocycles. The van der Waals surface area contributed by atoms with Crippen molar-refractivity contribution in [2.45, 2.75) is 51.0 Å². The van der Waals surface area contributed by atoms with Crippen LogP contribution in [0.25, 0.3) is 0 Å². The highest BCUT2D eigenvalue weighted by Gasteiger charge is 2.72. The van der Waals surface area contributed by atoms with Crippen molar-refractivity contribution in [3.05, 3.63) is 35.4 Å². The Hall–Kier alpha value is -1.82. The number of benzene rings is 1. The number of likely N-dealkylation sites (tertiary alicyclic amines) is 1. The molecule has 1 atom stereocenters. The van der Waals surface area contributed by atoms with E-state index in [2.05, 4.69) is 10.0 Å². The van der Waals surface area contributed by atoms with Crippen LogP contribution in [0.4, 0.5) is 8.78 Å². The van der Waals surface area contributed by atoms with Crippen LogP contribution in [0.5, 0.6) is 0 Å². The molecule has 1 unspecified atom stereocenters. The lowest BCUT2D eigenvalue weighted by atomic mass is 9.34. The predicted octanol–water partition coefficient (Wildman–Crippen LogP) is 3.88. The van der Waals surface area contributed by atoms with E-state index >= 15 is 0 Å². The van der Waals surface area contributed by atoms with E-state index in [1.807, 2.05) is 0 Å². The third kappa shape index (κ3) is 2.80. The van der Waals surface area contributed by atoms with Crippen LogP contribution in [0.2, 0.25) is 0 Å². The van der Waals surface area contributed by atoms with Gasteiger partial charge < -0.3 is 4.90 Å². The van der Waals surface area contributed by atoms with Gasteiger partial charge >= 0.3 is 0 Å². The molecule has 1 saturated heterocycles. The van der Waals surface area contributed by atoms with Crippen LogP contribution in [0, 0.1) is 22.5 Å². The molecule has 27 heavy (non-hydrogen) atoms. The first-order valence-corrected chi connectivity index (χ1v) is 10.0. The second kappa shape index (κ2) is 6.09. The highest BCUT2D eigenvalue weighted by atomic mass is 19.1. The molecule has 5 aliphatic rings. The van der Waals surface area contributed by atoms with Crippen molar-refractivity contribution < 1.29 is 13.6 Å². The first-order valence-electron chi connectivity index (χ1n) is 10.0. The molecule has 1 amide bonds. The van der Waals surface area contributed by atoms with Gasteiger partial charge in [0, 0.05) is 25.2 Å². The molecule has 4 nitrogen and oxygen atoms in total. The summed E-state index contributed by atoms with van der Waals surface area (Å²) >= 11 is 0. The molecule has 0 spiro atoms. The van der Waals surface area contributed by atoms with E-state index in [0.717, 1.165) is 31.9 Å². The molecule has 6 heteroatoms. The van der Waals surface area contributed by atoms with E-state index < -0.39 is 17.7 Å². The van der Waals surface area contributed by atoms with Crippen LogP contribution in [0.15, 0.2) is 23.3 Å². The summed E-state index contributed by atoms with van der Waals surface area (Å²) in [5, 5.41) is 5.75. The maximum Gasteiger partial charge on any atom is 0.249 e. The second-order valence-electron chi connectivity index (χ2n) is 9.05. The number of amides is 1. The number of hydrazone groups is 1. The van der Waals surface area contributed by atoms with Gasteiger partial charge in [0.2, 0.25) is 5.91 Å². The zero-order valence-electron chi connectivity index (χ0n) is 15.5. The number of hydrogen-bond acceptors (Lipinski definition) is 3. The van der Waals surface area contributed by atoms with Crippen molar-refractivity contribution in [1.82, 2.24) is 9.91 Å². The summed E-state index contributed by atoms with van der Waals surface area (Å²) in [6, 6.07) is 3.08. The smallest absolute Gasteiger partial charge is 0.249 e. The maximum absolute atomic E-state index is 13.6. The largest absolute Gasteiger partial charge is 0.303 e. The monoisotopic (exact) mass is 373 g/mol. The van der Waals surface area contributed by atoms with Gasteiger partial charge in [0.1, 0.15) is 11.6 Å². The van der Waals surface area contributed by atoms with Gasteiger partial charge in [-0.1, -0.05) is 6.42 Å². The normalized spacial score (nSPS) is 35.0. The van der Waals surface area contributed by atoms with Crippen LogP contribution in [-0.2, 0) is 4.79 Å². The Morgan fingerprint density at radius 3 is 2.41 bits per heavy atom. The van der Waals surface area contributed by atoms with Crippen molar-refractivity contribution >= 4 is 12.1 Å². The molecule has 6 rings (SSSR count). The fraction of sp³-hybridized carbons (Fsp3) is 0.619. The lowest BCUT2D eigenvalue weighted by Gasteiger charge is -2.70. The topological polar surface area (TPSA) is 35.9 Å². The fourth-order valence-corrected chi connectivity index (χ4v) is 5.88. The molecule has 3 aliphatic carbocycles. The standard InChI is InChI=1S/C21H25F2N3O/c22-16-8-15(9-17(23)10-16)18-4-5-24-26(18)19(27)21-11-20(12-21,13-21)14-25-6-2-1-3-7-25/h5,8-10,18H,1-4,6-7,11-14H2. The van der Waals surface area contributed by atoms with Gasteiger partial charge in [-0.2, -0.15) is 5.10 Å². The summed E-state index contributed by atoms with van der Waals surface area (Å²) in [7, 11) is 0. The Labute approximate surface area is 158 Å². The van der Waals surface area contributed by atoms with Crippen molar-refractivity contribution in [2.24, 2.45) is 15.9 Å². The molecule has 1 aromatic carbocycles. The van der Waals surface area contributed by atoms with E-state index in [1.165, 1.54) is 49.5 Å². The molecule has 144 valence electrons. The zero-order valence-corrected chi connectivity index (χ0v) is 15.5. The third-order valence-electron chi connectivity index (χ3n) is 6.91. The summed E-state index contributed by atoms with van der Waals surface area (Å²) < 4.78 is 27.2. The molecule has 0 aromatic heterocycles. The van der Waals surface area contributed by atoms with Crippen LogP contribution in [0.1, 0.15) is 56.6 Å². The number of hydrogen-bond donors (Lipinski definition) is 0. The minimum absolute atomic E-state index is 0.0337. The van der Waals surface area contributed by atoms with E-state index in [1.54, 1.807) is 6.21 Å². The minimum atomic E-state index is -0.615. The van der Waals surface area contributed by atoms with Gasteiger partial charge in [0.05, 0.1) is 11.5 Å². The second-order valence-corrected chi connectivity index (χ2v) is 9.05. The molecule has 4 fully saturated rings. The highest BCUT2D eigenvalue weighted by molar-refractivity contribution is 5.88. The Kier molecular flexibility index (Phi) is 3.90. The summed E-state index contributed by atoms with van der Waals surface area (Å²) in [5.74, 6) is -1.20. The van der Waals surface area contributed by atoms with Crippen molar-refractivity contribution in [3.8, 4) is 0 Å². The third-order valence-corrected chi connectivity index (χ3v) is 6.91. The molecule has 0 radical (unpaired) electrons. The Morgan fingerprint density at radius 1 is 1.07 bits per heavy atom. The highest BCUT2D eigenvalue weighted by Crippen LogP contribution is 2.74. The number of halogens is 2. The van der Waals surface area contributed by atoms with E-state index in [0.29, 0.717) is 17.4 Å². The van der Waals surface area contributed by atoms with Crippen molar-refractivity contribution in [1.29, 1.82) is 0 Å². The summed E-state index contributed by atoms with van der Waals surface area (Å²) in [6.45, 7) is 3.49. The van der Waals surface area contributed by atoms with Crippen LogP contribution >= 0.6 is 0 Å². The van der Waals surface area contributed by atoms with Crippen LogP contribution in [-0.4, -0.2) is 41.7 Å². The summed E-state index contributed by atoms with van der Waals surface area (Å²) in [5.41, 5.74) is 0.506. The number of piperidine rings is 1. The van der Waals surface area contributed by atoms with Crippen molar-refractivity contribution in [2.75, 3.05) is 19.6 Å². The summed E-state index contributed by atoms with van der Waals surface area (Å²) in [4.78, 5) is 15.7. The number of carbonyl (C=O) groups is 1. The van der Waals surface area contributed by atoms with Crippen LogP contribution in [0.3, 0.4) is 0 Å². The van der Waals surface area contributed by atoms with Crippen molar-refractivity contribution in [3.63, 3.8) is 0 Å². The van der Waals surface area contributed by atoms with E-state index in [9.17, 15) is 13.6 Å². The van der Waals surface area contributed by atoms with E-state index in [4.69, 9.17) is 0 Å². The number of nitrogens with zero attached hydrogens (tertiary/aromatic N) is 3. The van der Waals surface area contributed by atoms with Gasteiger partial charge in [-0.05, 0) is 68.3 Å². The SMILES string of the molecule is O=C(N1N=CCC1c1cc(F)cc(F)c1)C12CC(CN3CCCCC3)(C1)C2. The van der Waals surface area contributed by atoms with E-state index in [-0.39, 0.29) is 11.3 Å². The van der Waals surface area contributed by atoms with Gasteiger partial charge in [-0.25, -0.2) is 13.8 Å². The molecule has 2 bridgehead atoms. The predicted molar refractivity (Wildman–Crippen MR) is 98.1 cm³/mol. The first-order chi connectivity index (χ1) is 13.0. The summed E-state index contributed by atoms with van der Waals surface area (Å²) in [6.07, 6.45) is 8.90. The zero-order chi connectivity index (χ0) is 18.6. The molecule has 0 N–H and O–H groups in total. The minimum Gasteiger partial charge on any atom is -0.303 e. The lowest BCUT2D eigenvalue weighted by molar-refractivity contribution is -0.224. The number of carbonyl (C=O) groups excluding carboxylic acids is 1. The molecule has 2 heterocycles. The molecular formula is C21H25F2N3O. The van der Waals surface area contributed by atoms with Crippen LogP contribution < -0.4 is 0 Å². The maximum atomic E-state index is 13.6. The first kappa shape index (κ1) is 17.3. The Bertz CT molecular complexity index is 763. The average molecular weight is 373 g/mol. The van der Waals surface area contributed by atoms with Gasteiger partial charge in [-0.15, -0.1) is 0 Å². The van der Waals surface area contributed by atoms with Gasteiger partial charge in [0.25, 0.3) is 0 Å². The average Bonchev–Trinajstić information content (AvgIpc) is 3.06. The number of rotatable bonds is 4. The quantitative estimate of drug-likeness (QED) is 0.803. The Balaban J connectivity index is 1.26. The Morgan fingerprint density at radius 2 is 1.74 bits per heavy atom.